The highest BCUT2D eigenvalue weighted by molar-refractivity contribution is 6.05. The van der Waals surface area contributed by atoms with Gasteiger partial charge >= 0.3 is 0 Å². The predicted octanol–water partition coefficient (Wildman–Crippen LogP) is 4.41. The van der Waals surface area contributed by atoms with E-state index in [2.05, 4.69) is 52.8 Å². The topological polar surface area (TPSA) is 113 Å². The van der Waals surface area contributed by atoms with E-state index < -0.39 is 11.9 Å². The summed E-state index contributed by atoms with van der Waals surface area (Å²) in [6, 6.07) is 15.7. The van der Waals surface area contributed by atoms with Crippen LogP contribution < -0.4 is 15.4 Å². The summed E-state index contributed by atoms with van der Waals surface area (Å²) >= 11 is 0. The first-order chi connectivity index (χ1) is 21.7. The number of hydrogen-bond acceptors (Lipinski definition) is 8. The van der Waals surface area contributed by atoms with Crippen LogP contribution in [0, 0.1) is 0 Å². The number of hydrogen-bond donors (Lipinski definition) is 2. The molecule has 45 heavy (non-hydrogen) atoms. The maximum absolute atomic E-state index is 13.0. The fraction of sp³-hybridized carbons (Fsp3) is 0.486. The Labute approximate surface area is 263 Å². The molecule has 7 rings (SSSR count). The molecule has 3 aliphatic heterocycles. The standard InChI is InChI=1S/C35H41N5O5/c1-35(14-11-25(44-2)12-15-35)38-31-9-4-23-17-22(3-7-29(23)36-31)19-39-16-13-27(21-39)45-26-5-6-28-24(18-26)20-40(34(28)43)30-8-10-32(41)37-33(30)42/h3-7,9,17-18,25,27,30H,8,10-16,19-21H2,1-2H3,(H,36,38)(H,37,41,42)/t25-,27-,30?,35-/m0/s1. The Bertz CT molecular complexity index is 1630. The van der Waals surface area contributed by atoms with Gasteiger partial charge < -0.3 is 19.7 Å². The molecule has 1 saturated carbocycles. The van der Waals surface area contributed by atoms with Gasteiger partial charge in [0.25, 0.3) is 5.91 Å². The maximum atomic E-state index is 13.0. The van der Waals surface area contributed by atoms with E-state index in [1.807, 2.05) is 12.1 Å². The van der Waals surface area contributed by atoms with Crippen molar-refractivity contribution in [3.8, 4) is 5.75 Å². The van der Waals surface area contributed by atoms with Crippen molar-refractivity contribution in [1.82, 2.24) is 20.1 Å². The smallest absolute Gasteiger partial charge is 0.255 e. The summed E-state index contributed by atoms with van der Waals surface area (Å²) in [6.45, 7) is 5.23. The molecule has 2 saturated heterocycles. The summed E-state index contributed by atoms with van der Waals surface area (Å²) in [6.07, 6.45) is 6.22. The zero-order chi connectivity index (χ0) is 31.1. The molecule has 4 aliphatic rings. The van der Waals surface area contributed by atoms with Gasteiger partial charge in [0.1, 0.15) is 23.7 Å². The number of carbonyl (C=O) groups is 3. The van der Waals surface area contributed by atoms with Crippen LogP contribution in [0.25, 0.3) is 10.9 Å². The van der Waals surface area contributed by atoms with Gasteiger partial charge in [0.2, 0.25) is 11.8 Å². The molecule has 0 radical (unpaired) electrons. The van der Waals surface area contributed by atoms with Crippen molar-refractivity contribution in [1.29, 1.82) is 0 Å². The number of anilines is 1. The zero-order valence-electron chi connectivity index (χ0n) is 26.0. The molecule has 10 heteroatoms. The van der Waals surface area contributed by atoms with Crippen molar-refractivity contribution in [3.63, 3.8) is 0 Å². The molecule has 1 aliphatic carbocycles. The number of ether oxygens (including phenoxy) is 2. The Morgan fingerprint density at radius 1 is 1.00 bits per heavy atom. The molecule has 4 heterocycles. The molecule has 0 spiro atoms. The van der Waals surface area contributed by atoms with Crippen LogP contribution >= 0.6 is 0 Å². The first kappa shape index (κ1) is 29.7. The summed E-state index contributed by atoms with van der Waals surface area (Å²) in [5.41, 5.74) is 3.73. The Balaban J connectivity index is 0.935. The van der Waals surface area contributed by atoms with Crippen LogP contribution in [-0.4, -0.2) is 76.5 Å². The number of amides is 3. The first-order valence-corrected chi connectivity index (χ1v) is 16.1. The fourth-order valence-electron chi connectivity index (χ4n) is 7.35. The average molecular weight is 612 g/mol. The van der Waals surface area contributed by atoms with Crippen LogP contribution in [0.3, 0.4) is 0 Å². The summed E-state index contributed by atoms with van der Waals surface area (Å²) < 4.78 is 11.9. The monoisotopic (exact) mass is 611 g/mol. The summed E-state index contributed by atoms with van der Waals surface area (Å²) in [4.78, 5) is 45.8. The number of piperidine rings is 1. The SMILES string of the molecule is CO[C@H]1CC[C@](C)(Nc2ccc3cc(CN4CC[C@H](Oc5ccc6c(c5)CN(C5CCC(=O)NC5=O)C6=O)C4)ccc3n2)CC1. The number of nitrogens with zero attached hydrogens (tertiary/aromatic N) is 3. The third kappa shape index (κ3) is 6.26. The molecule has 2 aromatic carbocycles. The van der Waals surface area contributed by atoms with E-state index in [-0.39, 0.29) is 29.9 Å². The molecule has 3 amide bonds. The largest absolute Gasteiger partial charge is 0.489 e. The molecule has 236 valence electrons. The van der Waals surface area contributed by atoms with Gasteiger partial charge in [-0.2, -0.15) is 0 Å². The summed E-state index contributed by atoms with van der Waals surface area (Å²) in [7, 11) is 1.80. The van der Waals surface area contributed by atoms with Gasteiger partial charge in [0, 0.05) is 56.2 Å². The van der Waals surface area contributed by atoms with E-state index >= 15 is 0 Å². The van der Waals surface area contributed by atoms with Crippen molar-refractivity contribution in [3.05, 3.63) is 65.2 Å². The number of rotatable bonds is 8. The molecule has 0 bridgehead atoms. The maximum Gasteiger partial charge on any atom is 0.255 e. The van der Waals surface area contributed by atoms with Crippen molar-refractivity contribution in [2.75, 3.05) is 25.5 Å². The van der Waals surface area contributed by atoms with Gasteiger partial charge in [-0.1, -0.05) is 6.07 Å². The molecule has 1 unspecified atom stereocenters. The highest BCUT2D eigenvalue weighted by Gasteiger charge is 2.39. The Kier molecular flexibility index (Phi) is 7.95. The van der Waals surface area contributed by atoms with E-state index in [9.17, 15) is 14.4 Å². The van der Waals surface area contributed by atoms with Gasteiger partial charge in [-0.25, -0.2) is 4.98 Å². The second-order valence-electron chi connectivity index (χ2n) is 13.3. The molecular formula is C35H41N5O5. The Morgan fingerprint density at radius 2 is 1.84 bits per heavy atom. The number of nitrogens with one attached hydrogen (secondary N) is 2. The van der Waals surface area contributed by atoms with Crippen LogP contribution in [0.1, 0.15) is 73.4 Å². The van der Waals surface area contributed by atoms with Gasteiger partial charge in [0.05, 0.1) is 11.6 Å². The number of benzene rings is 2. The fourth-order valence-corrected chi connectivity index (χ4v) is 7.35. The minimum atomic E-state index is -0.616. The van der Waals surface area contributed by atoms with Crippen LogP contribution in [0.15, 0.2) is 48.5 Å². The lowest BCUT2D eigenvalue weighted by molar-refractivity contribution is -0.136. The minimum Gasteiger partial charge on any atom is -0.489 e. The number of aromatic nitrogens is 1. The lowest BCUT2D eigenvalue weighted by Gasteiger charge is -2.38. The Hall–Kier alpha value is -4.02. The highest BCUT2D eigenvalue weighted by atomic mass is 16.5. The van der Waals surface area contributed by atoms with Crippen LogP contribution in [0.4, 0.5) is 5.82 Å². The van der Waals surface area contributed by atoms with Crippen molar-refractivity contribution < 1.29 is 23.9 Å². The summed E-state index contributed by atoms with van der Waals surface area (Å²) in [5, 5.41) is 7.18. The van der Waals surface area contributed by atoms with Gasteiger partial charge in [0.15, 0.2) is 0 Å². The van der Waals surface area contributed by atoms with E-state index in [0.717, 1.165) is 79.8 Å². The summed E-state index contributed by atoms with van der Waals surface area (Å²) in [5.74, 6) is 0.806. The van der Waals surface area contributed by atoms with Crippen molar-refractivity contribution in [2.24, 2.45) is 0 Å². The van der Waals surface area contributed by atoms with Crippen LogP contribution in [-0.2, 0) is 27.4 Å². The molecule has 1 aromatic heterocycles. The molecule has 10 nitrogen and oxygen atoms in total. The number of fused-ring (bicyclic) bond motifs is 2. The lowest BCUT2D eigenvalue weighted by atomic mass is 9.82. The van der Waals surface area contributed by atoms with Gasteiger partial charge in [-0.15, -0.1) is 0 Å². The molecule has 3 aromatic rings. The molecule has 2 N–H and O–H groups in total. The van der Waals surface area contributed by atoms with E-state index in [4.69, 9.17) is 14.5 Å². The van der Waals surface area contributed by atoms with Gasteiger partial charge in [-0.3, -0.25) is 24.6 Å². The molecule has 2 atom stereocenters. The van der Waals surface area contributed by atoms with Gasteiger partial charge in [-0.05, 0) is 99.0 Å². The number of carbonyl (C=O) groups excluding carboxylic acids is 3. The van der Waals surface area contributed by atoms with E-state index in [1.54, 1.807) is 18.1 Å². The van der Waals surface area contributed by atoms with Crippen molar-refractivity contribution >= 4 is 34.4 Å². The van der Waals surface area contributed by atoms with Crippen LogP contribution in [0.5, 0.6) is 5.75 Å². The average Bonchev–Trinajstić information content (AvgIpc) is 3.60. The predicted molar refractivity (Wildman–Crippen MR) is 170 cm³/mol. The number of pyridine rings is 1. The second-order valence-corrected chi connectivity index (χ2v) is 13.3. The lowest BCUT2D eigenvalue weighted by Crippen LogP contribution is -2.52. The Morgan fingerprint density at radius 3 is 2.64 bits per heavy atom. The van der Waals surface area contributed by atoms with Crippen LogP contribution in [0.2, 0.25) is 0 Å². The zero-order valence-corrected chi connectivity index (χ0v) is 26.0. The normalized spacial score (nSPS) is 27.1. The molecule has 3 fully saturated rings. The third-order valence-electron chi connectivity index (χ3n) is 9.99. The van der Waals surface area contributed by atoms with E-state index in [1.165, 1.54) is 5.56 Å². The van der Waals surface area contributed by atoms with E-state index in [0.29, 0.717) is 24.6 Å². The quantitative estimate of drug-likeness (QED) is 0.361. The molecular weight excluding hydrogens is 570 g/mol. The number of likely N-dealkylation sites (tertiary alicyclic amines) is 1. The second kappa shape index (κ2) is 12.1. The first-order valence-electron chi connectivity index (χ1n) is 16.1. The third-order valence-corrected chi connectivity index (χ3v) is 9.99. The number of methoxy groups -OCH3 is 1. The number of imide groups is 1. The minimum absolute atomic E-state index is 0.0391. The highest BCUT2D eigenvalue weighted by Crippen LogP contribution is 2.33. The van der Waals surface area contributed by atoms with Crippen molar-refractivity contribution in [2.45, 2.75) is 88.7 Å².